The summed E-state index contributed by atoms with van der Waals surface area (Å²) in [6.07, 6.45) is 6.43. The lowest BCUT2D eigenvalue weighted by Gasteiger charge is -2.59. The van der Waals surface area contributed by atoms with Gasteiger partial charge < -0.3 is 19.7 Å². The second kappa shape index (κ2) is 8.05. The quantitative estimate of drug-likeness (QED) is 0.621. The molecule has 0 heterocycles. The van der Waals surface area contributed by atoms with E-state index < -0.39 is 23.1 Å². The lowest BCUT2D eigenvalue weighted by molar-refractivity contribution is -0.224. The van der Waals surface area contributed by atoms with Gasteiger partial charge in [0.05, 0.1) is 6.10 Å². The number of carbonyl (C=O) groups excluding carboxylic acids is 2. The number of Topliss-reactive ketones (excluding diaryl/α,β-unsaturated/α-hetero) is 1. The van der Waals surface area contributed by atoms with Crippen molar-refractivity contribution in [3.63, 3.8) is 0 Å². The maximum atomic E-state index is 13.2. The minimum atomic E-state index is -2.05. The van der Waals surface area contributed by atoms with Crippen LogP contribution in [0, 0.1) is 28.6 Å². The van der Waals surface area contributed by atoms with Gasteiger partial charge in [0.15, 0.2) is 5.78 Å². The summed E-state index contributed by atoms with van der Waals surface area (Å²) in [7, 11) is 0. The first-order valence-corrected chi connectivity index (χ1v) is 11.9. The van der Waals surface area contributed by atoms with E-state index in [9.17, 15) is 19.8 Å². The first kappa shape index (κ1) is 23.1. The average molecular weight is 435 g/mol. The van der Waals surface area contributed by atoms with Gasteiger partial charge in [-0.1, -0.05) is 19.4 Å². The predicted octanol–water partition coefficient (Wildman–Crippen LogP) is 3.54. The van der Waals surface area contributed by atoms with Crippen LogP contribution in [0.15, 0.2) is 11.6 Å². The summed E-state index contributed by atoms with van der Waals surface area (Å²) in [5.74, 6) is 0.857. The molecule has 4 rings (SSSR count). The third-order valence-corrected chi connectivity index (χ3v) is 9.42. The highest BCUT2D eigenvalue weighted by Crippen LogP contribution is 2.68. The molecule has 6 nitrogen and oxygen atoms in total. The minimum absolute atomic E-state index is 0.0285. The first-order chi connectivity index (χ1) is 14.5. The van der Waals surface area contributed by atoms with E-state index in [1.807, 2.05) is 19.9 Å². The third kappa shape index (κ3) is 3.45. The molecule has 0 unspecified atom stereocenters. The van der Waals surface area contributed by atoms with Crippen LogP contribution in [0.5, 0.6) is 0 Å². The van der Waals surface area contributed by atoms with E-state index in [1.165, 1.54) is 5.57 Å². The Morgan fingerprint density at radius 2 is 1.81 bits per heavy atom. The highest BCUT2D eigenvalue weighted by molar-refractivity contribution is 5.92. The highest BCUT2D eigenvalue weighted by atomic mass is 16.7. The van der Waals surface area contributed by atoms with Crippen LogP contribution in [-0.2, 0) is 19.1 Å². The van der Waals surface area contributed by atoms with Gasteiger partial charge in [-0.05, 0) is 88.0 Å². The van der Waals surface area contributed by atoms with Crippen molar-refractivity contribution in [2.75, 3.05) is 6.79 Å². The van der Waals surface area contributed by atoms with E-state index in [0.717, 1.165) is 38.5 Å². The van der Waals surface area contributed by atoms with Crippen LogP contribution in [0.1, 0.15) is 79.1 Å². The first-order valence-electron chi connectivity index (χ1n) is 11.9. The Kier molecular flexibility index (Phi) is 6.00. The number of allylic oxidation sites excluding steroid dienone is 1. The van der Waals surface area contributed by atoms with Crippen molar-refractivity contribution < 1.29 is 29.3 Å². The highest BCUT2D eigenvalue weighted by Gasteiger charge is 2.68. The summed E-state index contributed by atoms with van der Waals surface area (Å²) < 4.78 is 11.8. The van der Waals surface area contributed by atoms with Crippen molar-refractivity contribution in [1.29, 1.82) is 0 Å². The van der Waals surface area contributed by atoms with Crippen LogP contribution in [0.4, 0.5) is 0 Å². The smallest absolute Gasteiger partial charge is 0.220 e. The standard InChI is InChI=1S/C25H38O6/c1-15(2)30-14-31-25(21(27)22(28)29)12-9-20-18-6-5-16-13-17(26)7-10-23(16,3)19(18)8-11-24(20,25)4/h13,15,18-20,22,28-29H,5-12,14H2,1-4H3/t18-,19+,20+,23+,24+,25+/m1/s1. The normalized spacial score (nSPS) is 42.3. The topological polar surface area (TPSA) is 93.1 Å². The van der Waals surface area contributed by atoms with Gasteiger partial charge in [-0.3, -0.25) is 9.59 Å². The Bertz CT molecular complexity index is 772. The Morgan fingerprint density at radius 1 is 1.10 bits per heavy atom. The Hall–Kier alpha value is -1.08. The van der Waals surface area contributed by atoms with Gasteiger partial charge in [0.2, 0.25) is 12.1 Å². The molecule has 3 saturated carbocycles. The van der Waals surface area contributed by atoms with E-state index in [2.05, 4.69) is 13.8 Å². The Balaban J connectivity index is 1.65. The molecule has 0 aromatic heterocycles. The van der Waals surface area contributed by atoms with Gasteiger partial charge in [-0.2, -0.15) is 0 Å². The molecule has 3 fully saturated rings. The molecule has 4 aliphatic rings. The fraction of sp³-hybridized carbons (Fsp3) is 0.840. The average Bonchev–Trinajstić information content (AvgIpc) is 3.01. The fourth-order valence-corrected chi connectivity index (χ4v) is 7.75. The summed E-state index contributed by atoms with van der Waals surface area (Å²) in [4.78, 5) is 25.2. The van der Waals surface area contributed by atoms with Gasteiger partial charge in [0, 0.05) is 11.8 Å². The molecule has 2 N–H and O–H groups in total. The lowest BCUT2D eigenvalue weighted by Crippen LogP contribution is -2.60. The molecule has 6 atom stereocenters. The Labute approximate surface area is 185 Å². The molecule has 0 spiro atoms. The molecule has 0 radical (unpaired) electrons. The number of carbonyl (C=O) groups is 2. The van der Waals surface area contributed by atoms with Gasteiger partial charge in [-0.15, -0.1) is 0 Å². The molecule has 0 amide bonds. The lowest BCUT2D eigenvalue weighted by atomic mass is 9.46. The van der Waals surface area contributed by atoms with Crippen LogP contribution in [-0.4, -0.2) is 46.6 Å². The number of hydrogen-bond acceptors (Lipinski definition) is 6. The second-order valence-corrected chi connectivity index (χ2v) is 11.0. The fourth-order valence-electron chi connectivity index (χ4n) is 7.75. The Morgan fingerprint density at radius 3 is 2.48 bits per heavy atom. The van der Waals surface area contributed by atoms with E-state index in [4.69, 9.17) is 9.47 Å². The van der Waals surface area contributed by atoms with Gasteiger partial charge in [0.25, 0.3) is 0 Å². The van der Waals surface area contributed by atoms with Crippen molar-refractivity contribution >= 4 is 11.6 Å². The van der Waals surface area contributed by atoms with E-state index >= 15 is 0 Å². The molecule has 0 aromatic carbocycles. The largest absolute Gasteiger partial charge is 0.362 e. The molecular weight excluding hydrogens is 396 g/mol. The molecule has 4 aliphatic carbocycles. The number of aliphatic hydroxyl groups excluding tert-OH is 1. The molecule has 0 saturated heterocycles. The van der Waals surface area contributed by atoms with E-state index in [0.29, 0.717) is 24.7 Å². The number of ketones is 2. The van der Waals surface area contributed by atoms with E-state index in [-0.39, 0.29) is 30.0 Å². The molecular formula is C25H38O6. The van der Waals surface area contributed by atoms with Crippen molar-refractivity contribution in [1.82, 2.24) is 0 Å². The van der Waals surface area contributed by atoms with Crippen molar-refractivity contribution in [2.24, 2.45) is 28.6 Å². The third-order valence-electron chi connectivity index (χ3n) is 9.42. The number of rotatable bonds is 6. The number of aliphatic hydroxyl groups is 2. The molecule has 6 heteroatoms. The second-order valence-electron chi connectivity index (χ2n) is 11.0. The monoisotopic (exact) mass is 434 g/mol. The number of ether oxygens (including phenoxy) is 2. The molecule has 0 aromatic rings. The summed E-state index contributed by atoms with van der Waals surface area (Å²) in [6, 6.07) is 0. The summed E-state index contributed by atoms with van der Waals surface area (Å²) >= 11 is 0. The van der Waals surface area contributed by atoms with Crippen LogP contribution in [0.3, 0.4) is 0 Å². The van der Waals surface area contributed by atoms with Crippen LogP contribution >= 0.6 is 0 Å². The molecule has 0 bridgehead atoms. The summed E-state index contributed by atoms with van der Waals surface area (Å²) in [6.45, 7) is 8.24. The van der Waals surface area contributed by atoms with Crippen LogP contribution < -0.4 is 0 Å². The van der Waals surface area contributed by atoms with Crippen molar-refractivity contribution in [3.8, 4) is 0 Å². The van der Waals surface area contributed by atoms with Gasteiger partial charge in [-0.25, -0.2) is 0 Å². The maximum Gasteiger partial charge on any atom is 0.220 e. The predicted molar refractivity (Wildman–Crippen MR) is 115 cm³/mol. The van der Waals surface area contributed by atoms with Crippen molar-refractivity contribution in [3.05, 3.63) is 11.6 Å². The zero-order chi connectivity index (χ0) is 22.6. The van der Waals surface area contributed by atoms with Gasteiger partial charge >= 0.3 is 0 Å². The zero-order valence-corrected chi connectivity index (χ0v) is 19.4. The minimum Gasteiger partial charge on any atom is -0.362 e. The summed E-state index contributed by atoms with van der Waals surface area (Å²) in [5, 5.41) is 19.7. The summed E-state index contributed by atoms with van der Waals surface area (Å²) in [5.41, 5.74) is -0.310. The number of hydrogen-bond donors (Lipinski definition) is 2. The SMILES string of the molecule is CC(C)OCO[C@]1(C(=O)C(O)O)CC[C@H]2[C@@H]3CCC4=CC(=O)CC[C@]4(C)[C@H]3CC[C@@]21C. The van der Waals surface area contributed by atoms with Gasteiger partial charge in [0.1, 0.15) is 12.4 Å². The van der Waals surface area contributed by atoms with Crippen molar-refractivity contribution in [2.45, 2.75) is 97.1 Å². The molecule has 31 heavy (non-hydrogen) atoms. The van der Waals surface area contributed by atoms with Crippen LogP contribution in [0.25, 0.3) is 0 Å². The van der Waals surface area contributed by atoms with Crippen LogP contribution in [0.2, 0.25) is 0 Å². The zero-order valence-electron chi connectivity index (χ0n) is 19.4. The molecule has 174 valence electrons. The van der Waals surface area contributed by atoms with E-state index in [1.54, 1.807) is 0 Å². The maximum absolute atomic E-state index is 13.2. The molecule has 0 aliphatic heterocycles. The number of fused-ring (bicyclic) bond motifs is 5.